The van der Waals surface area contributed by atoms with Crippen molar-refractivity contribution in [3.8, 4) is 5.75 Å². The third kappa shape index (κ3) is 8.90. The molecule has 0 radical (unpaired) electrons. The van der Waals surface area contributed by atoms with Gasteiger partial charge in [-0.2, -0.15) is 0 Å². The number of methoxy groups -OCH3 is 1. The highest BCUT2D eigenvalue weighted by atomic mass is 32.2. The van der Waals surface area contributed by atoms with Gasteiger partial charge in [-0.25, -0.2) is 4.79 Å². The van der Waals surface area contributed by atoms with E-state index in [4.69, 9.17) is 9.47 Å². The summed E-state index contributed by atoms with van der Waals surface area (Å²) in [7, 11) is 1.35. The van der Waals surface area contributed by atoms with Crippen LogP contribution in [-0.4, -0.2) is 43.2 Å². The number of carbonyl (C=O) groups excluding carboxylic acids is 4. The van der Waals surface area contributed by atoms with E-state index in [-0.39, 0.29) is 17.4 Å². The molecule has 0 atom stereocenters. The molecule has 0 spiro atoms. The summed E-state index contributed by atoms with van der Waals surface area (Å²) in [5.41, 5.74) is 3.10. The smallest absolute Gasteiger partial charge is 0.341 e. The Morgan fingerprint density at radius 3 is 2.43 bits per heavy atom. The fraction of sp³-hybridized carbons (Fsp3) is 0.222. The zero-order valence-corrected chi connectivity index (χ0v) is 27.7. The van der Waals surface area contributed by atoms with Gasteiger partial charge < -0.3 is 25.4 Å². The Morgan fingerprint density at radius 1 is 0.915 bits per heavy atom. The van der Waals surface area contributed by atoms with Gasteiger partial charge in [0.25, 0.3) is 11.8 Å². The first-order valence-electron chi connectivity index (χ1n) is 15.2. The molecule has 9 nitrogen and oxygen atoms in total. The van der Waals surface area contributed by atoms with Crippen molar-refractivity contribution in [1.82, 2.24) is 5.32 Å². The summed E-state index contributed by atoms with van der Waals surface area (Å²) < 4.78 is 10.5. The number of anilines is 2. The number of esters is 1. The zero-order chi connectivity index (χ0) is 33.2. The maximum atomic E-state index is 13.5. The van der Waals surface area contributed by atoms with Crippen molar-refractivity contribution in [2.24, 2.45) is 0 Å². The Morgan fingerprint density at radius 2 is 1.68 bits per heavy atom. The first kappa shape index (κ1) is 33.5. The van der Waals surface area contributed by atoms with E-state index in [2.05, 4.69) is 16.0 Å². The molecule has 3 aromatic carbocycles. The van der Waals surface area contributed by atoms with Gasteiger partial charge in [-0.15, -0.1) is 23.1 Å². The number of hydrogen-bond acceptors (Lipinski definition) is 8. The van der Waals surface area contributed by atoms with Gasteiger partial charge in [0.15, 0.2) is 0 Å². The van der Waals surface area contributed by atoms with Crippen molar-refractivity contribution in [2.45, 2.75) is 37.5 Å². The molecular formula is C36H35N3O6S2. The number of aryl methyl sites for hydroxylation is 1. The quantitative estimate of drug-likeness (QED) is 0.0848. The summed E-state index contributed by atoms with van der Waals surface area (Å²) in [4.78, 5) is 53.9. The van der Waals surface area contributed by atoms with Gasteiger partial charge in [0.1, 0.15) is 16.4 Å². The number of thiophene rings is 1. The van der Waals surface area contributed by atoms with Gasteiger partial charge in [-0.3, -0.25) is 14.4 Å². The second kappa shape index (κ2) is 16.1. The molecule has 242 valence electrons. The van der Waals surface area contributed by atoms with Crippen LogP contribution < -0.4 is 20.7 Å². The summed E-state index contributed by atoms with van der Waals surface area (Å²) in [6.45, 7) is 2.43. The minimum atomic E-state index is -0.514. The molecule has 3 amide bonds. The maximum absolute atomic E-state index is 13.5. The molecule has 0 unspecified atom stereocenters. The molecule has 47 heavy (non-hydrogen) atoms. The molecule has 0 fully saturated rings. The molecule has 1 heterocycles. The number of carbonyl (C=O) groups is 4. The molecule has 1 aliphatic carbocycles. The highest BCUT2D eigenvalue weighted by Gasteiger charge is 2.27. The first-order valence-corrected chi connectivity index (χ1v) is 17.0. The molecule has 0 saturated carbocycles. The lowest BCUT2D eigenvalue weighted by Crippen LogP contribution is -2.30. The fourth-order valence-electron chi connectivity index (χ4n) is 5.08. The van der Waals surface area contributed by atoms with Crippen molar-refractivity contribution in [2.75, 3.05) is 30.1 Å². The van der Waals surface area contributed by atoms with Crippen LogP contribution in [-0.2, 0) is 27.2 Å². The van der Waals surface area contributed by atoms with Crippen LogP contribution >= 0.6 is 23.1 Å². The van der Waals surface area contributed by atoms with Crippen LogP contribution in [0, 0.1) is 0 Å². The Labute approximate surface area is 281 Å². The molecule has 1 aliphatic rings. The van der Waals surface area contributed by atoms with E-state index in [0.29, 0.717) is 39.7 Å². The average molecular weight is 670 g/mol. The van der Waals surface area contributed by atoms with E-state index in [1.807, 2.05) is 19.1 Å². The monoisotopic (exact) mass is 669 g/mol. The fourth-order valence-corrected chi connectivity index (χ4v) is 7.13. The lowest BCUT2D eigenvalue weighted by Gasteiger charge is -2.12. The molecule has 3 N–H and O–H groups in total. The number of hydrogen-bond donors (Lipinski definition) is 3. The molecule has 1 aromatic heterocycles. The number of benzene rings is 3. The maximum Gasteiger partial charge on any atom is 0.341 e. The van der Waals surface area contributed by atoms with E-state index in [1.165, 1.54) is 30.2 Å². The molecule has 0 aliphatic heterocycles. The zero-order valence-electron chi connectivity index (χ0n) is 26.1. The Hall–Kier alpha value is -4.87. The number of nitrogens with one attached hydrogen (secondary N) is 3. The number of thioether (sulfide) groups is 1. The predicted octanol–water partition coefficient (Wildman–Crippen LogP) is 6.95. The van der Waals surface area contributed by atoms with Crippen LogP contribution in [0.3, 0.4) is 0 Å². The summed E-state index contributed by atoms with van der Waals surface area (Å²) in [5.74, 6) is -0.832. The number of ether oxygens (including phenoxy) is 2. The van der Waals surface area contributed by atoms with Crippen molar-refractivity contribution in [3.05, 3.63) is 112 Å². The number of fused-ring (bicyclic) bond motifs is 1. The minimum absolute atomic E-state index is 0.0560. The minimum Gasteiger partial charge on any atom is -0.494 e. The first-order chi connectivity index (χ1) is 22.8. The highest BCUT2D eigenvalue weighted by molar-refractivity contribution is 8.00. The lowest BCUT2D eigenvalue weighted by molar-refractivity contribution is -0.114. The van der Waals surface area contributed by atoms with Gasteiger partial charge in [-0.05, 0) is 92.3 Å². The molecule has 0 bridgehead atoms. The standard InChI is InChI=1S/C36H35N3O6S2/c1-3-45-26-18-16-23(17-19-26)20-29(38-33(41)24-10-5-4-6-11-24)34(42)37-25-12-9-13-27(21-25)46-22-31(40)39-35-32(36(43)44-2)28-14-7-8-15-30(28)47-35/h4-6,9-13,16-21H,3,7-8,14-15,22H2,1-2H3,(H,37,42)(H,38,41)(H,39,40)/b29-20+. The van der Waals surface area contributed by atoms with Gasteiger partial charge in [0, 0.05) is 21.0 Å². The number of rotatable bonds is 12. The van der Waals surface area contributed by atoms with Crippen LogP contribution in [0.5, 0.6) is 5.75 Å². The third-order valence-corrected chi connectivity index (χ3v) is 9.51. The van der Waals surface area contributed by atoms with Gasteiger partial charge in [-0.1, -0.05) is 36.4 Å². The molecule has 0 saturated heterocycles. The summed E-state index contributed by atoms with van der Waals surface area (Å²) >= 11 is 2.74. The van der Waals surface area contributed by atoms with Crippen LogP contribution in [0.1, 0.15) is 56.5 Å². The van der Waals surface area contributed by atoms with E-state index in [1.54, 1.807) is 72.8 Å². The summed E-state index contributed by atoms with van der Waals surface area (Å²) in [5, 5.41) is 9.05. The SMILES string of the molecule is CCOc1ccc(/C=C(/NC(=O)c2ccccc2)C(=O)Nc2cccc(SCC(=O)Nc3sc4c(c3C(=O)OC)CCCC4)c2)cc1. The second-order valence-electron chi connectivity index (χ2n) is 10.6. The van der Waals surface area contributed by atoms with Gasteiger partial charge >= 0.3 is 5.97 Å². The van der Waals surface area contributed by atoms with E-state index < -0.39 is 17.8 Å². The van der Waals surface area contributed by atoms with Crippen molar-refractivity contribution in [1.29, 1.82) is 0 Å². The van der Waals surface area contributed by atoms with Crippen molar-refractivity contribution in [3.63, 3.8) is 0 Å². The Kier molecular flexibility index (Phi) is 11.5. The van der Waals surface area contributed by atoms with Gasteiger partial charge in [0.2, 0.25) is 5.91 Å². The number of amides is 3. The lowest BCUT2D eigenvalue weighted by atomic mass is 9.95. The van der Waals surface area contributed by atoms with Crippen molar-refractivity contribution < 1.29 is 28.7 Å². The summed E-state index contributed by atoms with van der Waals surface area (Å²) in [6.07, 6.45) is 5.34. The van der Waals surface area contributed by atoms with E-state index in [0.717, 1.165) is 41.0 Å². The van der Waals surface area contributed by atoms with E-state index in [9.17, 15) is 19.2 Å². The molecular weight excluding hydrogens is 635 g/mol. The van der Waals surface area contributed by atoms with Crippen LogP contribution in [0.15, 0.2) is 89.5 Å². The van der Waals surface area contributed by atoms with E-state index >= 15 is 0 Å². The highest BCUT2D eigenvalue weighted by Crippen LogP contribution is 2.38. The predicted molar refractivity (Wildman–Crippen MR) is 186 cm³/mol. The normalized spacial score (nSPS) is 12.4. The second-order valence-corrected chi connectivity index (χ2v) is 12.8. The third-order valence-electron chi connectivity index (χ3n) is 7.31. The average Bonchev–Trinajstić information content (AvgIpc) is 3.45. The van der Waals surface area contributed by atoms with Crippen LogP contribution in [0.25, 0.3) is 6.08 Å². The van der Waals surface area contributed by atoms with Gasteiger partial charge in [0.05, 0.1) is 25.0 Å². The largest absolute Gasteiger partial charge is 0.494 e. The summed E-state index contributed by atoms with van der Waals surface area (Å²) in [6, 6.07) is 22.9. The molecule has 4 aromatic rings. The van der Waals surface area contributed by atoms with Crippen molar-refractivity contribution >= 4 is 63.6 Å². The molecule has 11 heteroatoms. The Balaban J connectivity index is 1.27. The molecule has 5 rings (SSSR count). The Bertz CT molecular complexity index is 1780. The van der Waals surface area contributed by atoms with Crippen LogP contribution in [0.4, 0.5) is 10.7 Å². The topological polar surface area (TPSA) is 123 Å². The van der Waals surface area contributed by atoms with Crippen LogP contribution in [0.2, 0.25) is 0 Å².